The van der Waals surface area contributed by atoms with E-state index in [1.54, 1.807) is 28.9 Å². The molecule has 3 aromatic rings. The number of halogens is 1. The average molecular weight is 409 g/mol. The molecule has 0 radical (unpaired) electrons. The summed E-state index contributed by atoms with van der Waals surface area (Å²) in [4.78, 5) is 7.52. The van der Waals surface area contributed by atoms with Gasteiger partial charge in [0.15, 0.2) is 15.6 Å². The van der Waals surface area contributed by atoms with E-state index in [1.165, 1.54) is 12.5 Å². The average Bonchev–Trinajstić information content (AvgIpc) is 3.23. The van der Waals surface area contributed by atoms with E-state index in [-0.39, 0.29) is 6.42 Å². The molecule has 1 aromatic carbocycles. The summed E-state index contributed by atoms with van der Waals surface area (Å²) in [5.41, 5.74) is 0.868. The molecule has 11 heteroatoms. The molecule has 2 heterocycles. The highest BCUT2D eigenvalue weighted by Crippen LogP contribution is 2.38. The van der Waals surface area contributed by atoms with Crippen LogP contribution in [0.1, 0.15) is 12.5 Å². The van der Waals surface area contributed by atoms with Gasteiger partial charge in [0.2, 0.25) is 0 Å². The predicted molar refractivity (Wildman–Crippen MR) is 98.9 cm³/mol. The Morgan fingerprint density at radius 1 is 1.30 bits per heavy atom. The van der Waals surface area contributed by atoms with Gasteiger partial charge in [-0.3, -0.25) is 0 Å². The van der Waals surface area contributed by atoms with Crippen molar-refractivity contribution in [3.8, 4) is 0 Å². The molecule has 142 valence electrons. The molecule has 0 aliphatic heterocycles. The largest absolute Gasteiger partial charge is 0.611 e. The monoisotopic (exact) mass is 408 g/mol. The summed E-state index contributed by atoms with van der Waals surface area (Å²) < 4.78 is 14.5. The third-order valence-electron chi connectivity index (χ3n) is 4.78. The second kappa shape index (κ2) is 7.13. The summed E-state index contributed by atoms with van der Waals surface area (Å²) in [6.07, 6.45) is 0.945. The molecule has 1 aliphatic carbocycles. The smallest absolute Gasteiger partial charge is 0.185 e. The number of H-pyrrole nitrogens is 1. The molecule has 0 saturated heterocycles. The van der Waals surface area contributed by atoms with E-state index in [1.807, 2.05) is 0 Å². The van der Waals surface area contributed by atoms with E-state index in [9.17, 15) is 14.8 Å². The lowest BCUT2D eigenvalue weighted by molar-refractivity contribution is 0.0229. The van der Waals surface area contributed by atoms with Crippen LogP contribution in [-0.2, 0) is 11.2 Å². The topological polar surface area (TPSA) is 148 Å². The highest BCUT2D eigenvalue weighted by atomic mass is 35.5. The van der Waals surface area contributed by atoms with Crippen molar-refractivity contribution >= 4 is 33.8 Å². The summed E-state index contributed by atoms with van der Waals surface area (Å²) in [6, 6.07) is 6.03. The Kier molecular flexibility index (Phi) is 4.82. The van der Waals surface area contributed by atoms with Crippen molar-refractivity contribution in [2.75, 3.05) is 0 Å². The lowest BCUT2D eigenvalue weighted by atomic mass is 10.2. The van der Waals surface area contributed by atoms with Gasteiger partial charge in [-0.1, -0.05) is 11.6 Å². The Hall–Kier alpha value is -2.11. The van der Waals surface area contributed by atoms with Gasteiger partial charge >= 0.3 is 0 Å². The summed E-state index contributed by atoms with van der Waals surface area (Å²) in [5.74, 6) is 5.34. The molecule has 5 atom stereocenters. The summed E-state index contributed by atoms with van der Waals surface area (Å²) in [6.45, 7) is 0. The van der Waals surface area contributed by atoms with Gasteiger partial charge in [-0.15, -0.1) is 0 Å². The molecule has 2 aromatic heterocycles. The van der Waals surface area contributed by atoms with Gasteiger partial charge in [-0.05, 0) is 35.4 Å². The molecule has 27 heavy (non-hydrogen) atoms. The third kappa shape index (κ3) is 3.09. The van der Waals surface area contributed by atoms with Crippen LogP contribution in [0.4, 0.5) is 0 Å². The van der Waals surface area contributed by atoms with E-state index in [4.69, 9.17) is 17.4 Å². The highest BCUT2D eigenvalue weighted by molar-refractivity contribution is 7.92. The second-order valence-corrected chi connectivity index (χ2v) is 8.39. The van der Waals surface area contributed by atoms with Gasteiger partial charge < -0.3 is 25.6 Å². The molecule has 1 unspecified atom stereocenters. The van der Waals surface area contributed by atoms with Crippen LogP contribution < -0.4 is 11.3 Å². The predicted octanol–water partition coefficient (Wildman–Crippen LogP) is 0.0302. The van der Waals surface area contributed by atoms with Crippen molar-refractivity contribution in [3.05, 3.63) is 47.3 Å². The lowest BCUT2D eigenvalue weighted by Crippen LogP contribution is -2.35. The molecule has 0 bridgehead atoms. The van der Waals surface area contributed by atoms with Gasteiger partial charge in [-0.2, -0.15) is 10.2 Å². The van der Waals surface area contributed by atoms with E-state index >= 15 is 0 Å². The summed E-state index contributed by atoms with van der Waals surface area (Å²) >= 11 is 4.36. The van der Waals surface area contributed by atoms with Crippen molar-refractivity contribution in [1.29, 1.82) is 0 Å². The molecule has 0 amide bonds. The zero-order valence-electron chi connectivity index (χ0n) is 13.9. The van der Waals surface area contributed by atoms with Crippen LogP contribution in [0.15, 0.2) is 46.8 Å². The van der Waals surface area contributed by atoms with Crippen molar-refractivity contribution in [3.63, 3.8) is 0 Å². The van der Waals surface area contributed by atoms with Crippen LogP contribution in [0.5, 0.6) is 0 Å². The number of benzene rings is 1. The number of aliphatic hydroxyl groups excluding tert-OH is 2. The highest BCUT2D eigenvalue weighted by Gasteiger charge is 2.49. The number of aliphatic hydroxyl groups is 2. The van der Waals surface area contributed by atoms with Crippen LogP contribution in [0.2, 0.25) is 5.02 Å². The first kappa shape index (κ1) is 18.3. The van der Waals surface area contributed by atoms with Crippen LogP contribution in [0, 0.1) is 0 Å². The molecule has 1 fully saturated rings. The SMILES string of the molecule is N/N=c1/nc[nH]c2c1cnn2[C@@H]1C[C@H]([S+]([O-])c2ccc(Cl)cc2)[C@@H](O)[C@H]1O. The Labute approximate surface area is 161 Å². The molecule has 1 saturated carbocycles. The van der Waals surface area contributed by atoms with Gasteiger partial charge in [0.1, 0.15) is 17.9 Å². The number of aromatic nitrogens is 4. The molecule has 9 nitrogen and oxygen atoms in total. The first-order valence-corrected chi connectivity index (χ1v) is 9.77. The van der Waals surface area contributed by atoms with E-state index in [0.717, 1.165) is 0 Å². The molecule has 4 rings (SSSR count). The van der Waals surface area contributed by atoms with Gasteiger partial charge in [0, 0.05) is 11.4 Å². The minimum absolute atomic E-state index is 0.277. The number of nitrogens with two attached hydrogens (primary N) is 1. The van der Waals surface area contributed by atoms with Gasteiger partial charge in [0.25, 0.3) is 0 Å². The fraction of sp³-hybridized carbons (Fsp3) is 0.312. The maximum absolute atomic E-state index is 12.9. The molecule has 5 N–H and O–H groups in total. The Bertz CT molecular complexity index is 1020. The first-order chi connectivity index (χ1) is 13.0. The van der Waals surface area contributed by atoms with E-state index in [0.29, 0.717) is 26.4 Å². The molecular formula is C16H17ClN6O3S. The fourth-order valence-electron chi connectivity index (χ4n) is 3.41. The molecule has 1 aliphatic rings. The first-order valence-electron chi connectivity index (χ1n) is 8.18. The quantitative estimate of drug-likeness (QED) is 0.273. The van der Waals surface area contributed by atoms with Crippen LogP contribution in [-0.4, -0.2) is 52.0 Å². The zero-order valence-corrected chi connectivity index (χ0v) is 15.5. The van der Waals surface area contributed by atoms with Crippen molar-refractivity contribution in [1.82, 2.24) is 19.7 Å². The minimum atomic E-state index is -1.51. The minimum Gasteiger partial charge on any atom is -0.611 e. The van der Waals surface area contributed by atoms with Crippen molar-refractivity contribution < 1.29 is 14.8 Å². The summed E-state index contributed by atoms with van der Waals surface area (Å²) in [7, 11) is 0. The van der Waals surface area contributed by atoms with Crippen LogP contribution >= 0.6 is 11.6 Å². The van der Waals surface area contributed by atoms with Crippen molar-refractivity contribution in [2.24, 2.45) is 10.9 Å². The van der Waals surface area contributed by atoms with Crippen LogP contribution in [0.3, 0.4) is 0 Å². The third-order valence-corrected chi connectivity index (χ3v) is 6.79. The maximum Gasteiger partial charge on any atom is 0.185 e. The maximum atomic E-state index is 12.9. The number of nitrogens with zero attached hydrogens (tertiary/aromatic N) is 4. The second-order valence-electron chi connectivity index (χ2n) is 6.28. The number of hydrogen-bond donors (Lipinski definition) is 4. The van der Waals surface area contributed by atoms with Crippen LogP contribution in [0.25, 0.3) is 11.0 Å². The van der Waals surface area contributed by atoms with E-state index in [2.05, 4.69) is 20.2 Å². The number of fused-ring (bicyclic) bond motifs is 1. The standard InChI is InChI=1S/C16H17ClN6O3S/c17-8-1-3-9(4-2-8)27(26)12-5-11(13(24)14(12)25)23-16-10(6-21-23)15(22-18)19-7-20-16/h1-4,6-7,11-14,24-25H,5,18H2,(H,19,20,22)/t11-,12+,13+,14-,27?/m1/s1. The number of hydrogen-bond acceptors (Lipinski definition) is 7. The van der Waals surface area contributed by atoms with Gasteiger partial charge in [-0.25, -0.2) is 9.67 Å². The number of aromatic amines is 1. The Morgan fingerprint density at radius 2 is 2.04 bits per heavy atom. The molecule has 0 spiro atoms. The summed E-state index contributed by atoms with van der Waals surface area (Å²) in [5, 5.41) is 29.5. The zero-order chi connectivity index (χ0) is 19.1. The number of nitrogens with one attached hydrogen (secondary N) is 1. The Morgan fingerprint density at radius 3 is 2.74 bits per heavy atom. The van der Waals surface area contributed by atoms with Crippen molar-refractivity contribution in [2.45, 2.75) is 34.8 Å². The molecular weight excluding hydrogens is 392 g/mol. The Balaban J connectivity index is 1.67. The fourth-order valence-corrected chi connectivity index (χ4v) is 5.08. The normalized spacial score (nSPS) is 27.3. The lowest BCUT2D eigenvalue weighted by Gasteiger charge is -2.20. The number of rotatable bonds is 3. The van der Waals surface area contributed by atoms with Gasteiger partial charge in [0.05, 0.1) is 24.0 Å². The van der Waals surface area contributed by atoms with E-state index < -0.39 is 34.7 Å².